The fourth-order valence-electron chi connectivity index (χ4n) is 3.42. The predicted molar refractivity (Wildman–Crippen MR) is 95.3 cm³/mol. The van der Waals surface area contributed by atoms with Crippen LogP contribution in [-0.2, 0) is 11.2 Å². The molecular formula is C19H28N2O4. The number of carbonyl (C=O) groups excluding carboxylic acids is 1. The zero-order chi connectivity index (χ0) is 18.2. The minimum atomic E-state index is -0.842. The van der Waals surface area contributed by atoms with Gasteiger partial charge < -0.3 is 20.4 Å². The van der Waals surface area contributed by atoms with E-state index in [4.69, 9.17) is 5.11 Å². The molecule has 1 aliphatic rings. The first-order valence-electron chi connectivity index (χ1n) is 8.92. The van der Waals surface area contributed by atoms with Crippen LogP contribution in [0.5, 0.6) is 0 Å². The average Bonchev–Trinajstić information content (AvgIpc) is 2.60. The van der Waals surface area contributed by atoms with Gasteiger partial charge in [0.05, 0.1) is 5.92 Å². The lowest BCUT2D eigenvalue weighted by atomic mass is 9.91. The molecule has 0 spiro atoms. The average molecular weight is 348 g/mol. The number of aliphatic carboxylic acids is 1. The summed E-state index contributed by atoms with van der Waals surface area (Å²) in [6.07, 6.45) is 2.60. The van der Waals surface area contributed by atoms with Gasteiger partial charge in [0.2, 0.25) is 0 Å². The van der Waals surface area contributed by atoms with E-state index in [-0.39, 0.29) is 31.1 Å². The Morgan fingerprint density at radius 1 is 1.28 bits per heavy atom. The third-order valence-electron chi connectivity index (χ3n) is 4.66. The number of carbonyl (C=O) groups is 2. The number of hydrogen-bond acceptors (Lipinski definition) is 3. The quantitative estimate of drug-likeness (QED) is 0.704. The normalized spacial score (nSPS) is 21.6. The van der Waals surface area contributed by atoms with E-state index in [0.29, 0.717) is 32.2 Å². The summed E-state index contributed by atoms with van der Waals surface area (Å²) in [4.78, 5) is 25.5. The van der Waals surface area contributed by atoms with E-state index < -0.39 is 11.9 Å². The molecule has 2 amide bonds. The Balaban J connectivity index is 1.98. The molecule has 3 unspecified atom stereocenters. The third-order valence-corrected chi connectivity index (χ3v) is 4.66. The maximum atomic E-state index is 12.6. The second-order valence-electron chi connectivity index (χ2n) is 6.98. The molecule has 1 fully saturated rings. The second kappa shape index (κ2) is 9.42. The van der Waals surface area contributed by atoms with E-state index in [1.165, 1.54) is 0 Å². The molecule has 0 bridgehead atoms. The lowest BCUT2D eigenvalue weighted by Gasteiger charge is -2.35. The van der Waals surface area contributed by atoms with E-state index in [1.54, 1.807) is 4.90 Å². The fourth-order valence-corrected chi connectivity index (χ4v) is 3.42. The van der Waals surface area contributed by atoms with Gasteiger partial charge in [-0.1, -0.05) is 37.3 Å². The Labute approximate surface area is 148 Å². The summed E-state index contributed by atoms with van der Waals surface area (Å²) in [6.45, 7) is 2.89. The Kier molecular flexibility index (Phi) is 7.25. The number of nitrogens with zero attached hydrogens (tertiary/aromatic N) is 1. The number of carboxylic acids is 1. The van der Waals surface area contributed by atoms with E-state index in [2.05, 4.69) is 5.32 Å². The van der Waals surface area contributed by atoms with E-state index in [1.807, 2.05) is 37.3 Å². The number of urea groups is 1. The first kappa shape index (κ1) is 19.2. The molecule has 0 aliphatic carbocycles. The maximum Gasteiger partial charge on any atom is 0.317 e. The van der Waals surface area contributed by atoms with Crippen molar-refractivity contribution in [2.75, 3.05) is 19.7 Å². The van der Waals surface area contributed by atoms with Gasteiger partial charge in [-0.25, -0.2) is 4.79 Å². The van der Waals surface area contributed by atoms with Gasteiger partial charge in [-0.3, -0.25) is 4.79 Å². The molecule has 25 heavy (non-hydrogen) atoms. The van der Waals surface area contributed by atoms with Crippen LogP contribution in [0.4, 0.5) is 4.79 Å². The highest BCUT2D eigenvalue weighted by Crippen LogP contribution is 2.22. The standard InChI is InChI=1S/C19H28N2O4/c1-14-10-16(18(23)24)13-21(12-14)19(25)20-17(8-5-9-22)11-15-6-3-2-4-7-15/h2-4,6-7,14,16-17,22H,5,8-13H2,1H3,(H,20,25)(H,23,24). The molecule has 1 aromatic carbocycles. The van der Waals surface area contributed by atoms with Crippen LogP contribution >= 0.6 is 0 Å². The number of benzene rings is 1. The van der Waals surface area contributed by atoms with Crippen LogP contribution < -0.4 is 5.32 Å². The molecule has 1 aliphatic heterocycles. The summed E-state index contributed by atoms with van der Waals surface area (Å²) in [6, 6.07) is 9.61. The number of aliphatic hydroxyl groups excluding tert-OH is 1. The summed E-state index contributed by atoms with van der Waals surface area (Å²) < 4.78 is 0. The molecule has 1 heterocycles. The summed E-state index contributed by atoms with van der Waals surface area (Å²) >= 11 is 0. The summed E-state index contributed by atoms with van der Waals surface area (Å²) in [5.74, 6) is -1.17. The molecule has 0 radical (unpaired) electrons. The lowest BCUT2D eigenvalue weighted by Crippen LogP contribution is -2.52. The molecule has 1 aromatic rings. The molecule has 3 N–H and O–H groups in total. The highest BCUT2D eigenvalue weighted by molar-refractivity contribution is 5.77. The Morgan fingerprint density at radius 3 is 2.64 bits per heavy atom. The van der Waals surface area contributed by atoms with Crippen LogP contribution in [0.25, 0.3) is 0 Å². The molecule has 2 rings (SSSR count). The van der Waals surface area contributed by atoms with Gasteiger partial charge in [0.15, 0.2) is 0 Å². The zero-order valence-corrected chi connectivity index (χ0v) is 14.7. The molecule has 1 saturated heterocycles. The third kappa shape index (κ3) is 6.05. The van der Waals surface area contributed by atoms with Gasteiger partial charge in [-0.05, 0) is 37.2 Å². The summed E-state index contributed by atoms with van der Waals surface area (Å²) in [5.41, 5.74) is 1.13. The fraction of sp³-hybridized carbons (Fsp3) is 0.579. The van der Waals surface area contributed by atoms with Gasteiger partial charge >= 0.3 is 12.0 Å². The van der Waals surface area contributed by atoms with Crippen molar-refractivity contribution in [2.24, 2.45) is 11.8 Å². The van der Waals surface area contributed by atoms with Crippen molar-refractivity contribution in [2.45, 2.75) is 38.6 Å². The van der Waals surface area contributed by atoms with Crippen LogP contribution in [0.1, 0.15) is 31.7 Å². The topological polar surface area (TPSA) is 89.9 Å². The number of carboxylic acid groups (broad SMARTS) is 1. The van der Waals surface area contributed by atoms with Gasteiger partial charge in [0.1, 0.15) is 0 Å². The van der Waals surface area contributed by atoms with Crippen molar-refractivity contribution in [1.29, 1.82) is 0 Å². The van der Waals surface area contributed by atoms with E-state index in [9.17, 15) is 14.7 Å². The Morgan fingerprint density at radius 2 is 2.00 bits per heavy atom. The second-order valence-corrected chi connectivity index (χ2v) is 6.98. The molecule has 0 aromatic heterocycles. The summed E-state index contributed by atoms with van der Waals surface area (Å²) in [7, 11) is 0. The number of hydrogen-bond donors (Lipinski definition) is 3. The molecule has 6 nitrogen and oxygen atoms in total. The van der Waals surface area contributed by atoms with Gasteiger partial charge in [-0.2, -0.15) is 0 Å². The number of rotatable bonds is 7. The molecule has 0 saturated carbocycles. The highest BCUT2D eigenvalue weighted by atomic mass is 16.4. The van der Waals surface area contributed by atoms with Crippen LogP contribution in [0.3, 0.4) is 0 Å². The smallest absolute Gasteiger partial charge is 0.317 e. The largest absolute Gasteiger partial charge is 0.481 e. The molecule has 6 heteroatoms. The van der Waals surface area contributed by atoms with Crippen molar-refractivity contribution in [3.8, 4) is 0 Å². The highest BCUT2D eigenvalue weighted by Gasteiger charge is 2.32. The number of nitrogens with one attached hydrogen (secondary N) is 1. The predicted octanol–water partition coefficient (Wildman–Crippen LogP) is 2.12. The molecule has 138 valence electrons. The number of amides is 2. The SMILES string of the molecule is CC1CC(C(=O)O)CN(C(=O)NC(CCCO)Cc2ccccc2)C1. The number of piperidine rings is 1. The maximum absolute atomic E-state index is 12.6. The monoisotopic (exact) mass is 348 g/mol. The van der Waals surface area contributed by atoms with E-state index >= 15 is 0 Å². The van der Waals surface area contributed by atoms with Crippen molar-refractivity contribution in [1.82, 2.24) is 10.2 Å². The number of likely N-dealkylation sites (tertiary alicyclic amines) is 1. The first-order chi connectivity index (χ1) is 12.0. The number of aliphatic hydroxyl groups is 1. The molecular weight excluding hydrogens is 320 g/mol. The van der Waals surface area contributed by atoms with Crippen LogP contribution in [0.15, 0.2) is 30.3 Å². The zero-order valence-electron chi connectivity index (χ0n) is 14.7. The van der Waals surface area contributed by atoms with Gasteiger partial charge in [-0.15, -0.1) is 0 Å². The lowest BCUT2D eigenvalue weighted by molar-refractivity contribution is -0.143. The van der Waals surface area contributed by atoms with Crippen molar-refractivity contribution >= 4 is 12.0 Å². The minimum absolute atomic E-state index is 0.0810. The Bertz CT molecular complexity index is 564. The minimum Gasteiger partial charge on any atom is -0.481 e. The van der Waals surface area contributed by atoms with Crippen LogP contribution in [0.2, 0.25) is 0 Å². The van der Waals surface area contributed by atoms with E-state index in [0.717, 1.165) is 5.56 Å². The van der Waals surface area contributed by atoms with Crippen molar-refractivity contribution in [3.63, 3.8) is 0 Å². The Hall–Kier alpha value is -2.08. The molecule has 3 atom stereocenters. The van der Waals surface area contributed by atoms with Gasteiger partial charge in [0, 0.05) is 25.7 Å². The van der Waals surface area contributed by atoms with Gasteiger partial charge in [0.25, 0.3) is 0 Å². The first-order valence-corrected chi connectivity index (χ1v) is 8.92. The van der Waals surface area contributed by atoms with Crippen LogP contribution in [0, 0.1) is 11.8 Å². The van der Waals surface area contributed by atoms with Crippen LogP contribution in [-0.4, -0.2) is 52.9 Å². The van der Waals surface area contributed by atoms with Crippen molar-refractivity contribution in [3.05, 3.63) is 35.9 Å². The van der Waals surface area contributed by atoms with Crippen molar-refractivity contribution < 1.29 is 19.8 Å². The summed E-state index contributed by atoms with van der Waals surface area (Å²) in [5, 5.41) is 21.4.